The molecule has 5 nitrogen and oxygen atoms in total. The Balaban J connectivity index is 1.44. The van der Waals surface area contributed by atoms with E-state index in [1.54, 1.807) is 0 Å². The lowest BCUT2D eigenvalue weighted by Crippen LogP contribution is -2.46. The number of aromatic nitrogens is 2. The van der Waals surface area contributed by atoms with Gasteiger partial charge in [-0.2, -0.15) is 4.98 Å². The summed E-state index contributed by atoms with van der Waals surface area (Å²) in [5.74, 6) is 2.51. The van der Waals surface area contributed by atoms with Gasteiger partial charge in [0.25, 0.3) is 0 Å². The second-order valence-corrected chi connectivity index (χ2v) is 8.05. The van der Waals surface area contributed by atoms with Crippen molar-refractivity contribution in [3.63, 3.8) is 0 Å². The number of likely N-dealkylation sites (tertiary alicyclic amines) is 1. The number of piperidine rings is 1. The fourth-order valence-electron chi connectivity index (χ4n) is 4.18. The average molecular weight is 353 g/mol. The normalized spacial score (nSPS) is 19.5. The van der Waals surface area contributed by atoms with Crippen LogP contribution in [0.4, 0.5) is 0 Å². The summed E-state index contributed by atoms with van der Waals surface area (Å²) in [6.07, 6.45) is 6.11. The molecule has 5 heteroatoms. The minimum atomic E-state index is -0.0155. The van der Waals surface area contributed by atoms with Gasteiger partial charge < -0.3 is 9.42 Å². The van der Waals surface area contributed by atoms with Crippen LogP contribution in [0.5, 0.6) is 0 Å². The van der Waals surface area contributed by atoms with Crippen molar-refractivity contribution in [3.8, 4) is 0 Å². The van der Waals surface area contributed by atoms with Gasteiger partial charge in [-0.05, 0) is 43.2 Å². The average Bonchev–Trinajstić information content (AvgIpc) is 3.34. The van der Waals surface area contributed by atoms with Crippen molar-refractivity contribution in [3.05, 3.63) is 47.1 Å². The lowest BCUT2D eigenvalue weighted by atomic mass is 9.73. The van der Waals surface area contributed by atoms with Crippen LogP contribution in [-0.2, 0) is 16.6 Å². The number of hydrogen-bond donors (Lipinski definition) is 0. The lowest BCUT2D eigenvalue weighted by Gasteiger charge is -2.40. The number of aryl methyl sites for hydroxylation is 2. The first-order valence-corrected chi connectivity index (χ1v) is 9.69. The van der Waals surface area contributed by atoms with E-state index >= 15 is 0 Å². The summed E-state index contributed by atoms with van der Waals surface area (Å²) in [5.41, 5.74) is 2.29. The largest absolute Gasteiger partial charge is 0.342 e. The Bertz CT molecular complexity index is 786. The van der Waals surface area contributed by atoms with E-state index in [1.807, 2.05) is 24.0 Å². The van der Waals surface area contributed by atoms with Gasteiger partial charge in [-0.1, -0.05) is 42.3 Å². The predicted molar refractivity (Wildman–Crippen MR) is 98.8 cm³/mol. The first-order chi connectivity index (χ1) is 12.6. The molecule has 4 rings (SSSR count). The topological polar surface area (TPSA) is 59.2 Å². The van der Waals surface area contributed by atoms with E-state index in [-0.39, 0.29) is 11.3 Å². The van der Waals surface area contributed by atoms with Crippen molar-refractivity contribution < 1.29 is 9.32 Å². The zero-order chi connectivity index (χ0) is 18.1. The quantitative estimate of drug-likeness (QED) is 0.824. The molecule has 2 heterocycles. The van der Waals surface area contributed by atoms with E-state index in [4.69, 9.17) is 4.52 Å². The van der Waals surface area contributed by atoms with Crippen LogP contribution >= 0.6 is 0 Å². The van der Waals surface area contributed by atoms with Gasteiger partial charge in [0.2, 0.25) is 11.8 Å². The van der Waals surface area contributed by atoms with Crippen LogP contribution in [0.3, 0.4) is 0 Å². The molecule has 138 valence electrons. The number of carbonyl (C=O) groups excluding carboxylic acids is 1. The number of carbonyl (C=O) groups is 1. The number of nitrogens with zero attached hydrogens (tertiary/aromatic N) is 3. The zero-order valence-electron chi connectivity index (χ0n) is 15.7. The van der Waals surface area contributed by atoms with Gasteiger partial charge in [-0.15, -0.1) is 0 Å². The second kappa shape index (κ2) is 6.86. The van der Waals surface area contributed by atoms with Gasteiger partial charge in [-0.25, -0.2) is 0 Å². The molecule has 0 bridgehead atoms. The highest BCUT2D eigenvalue weighted by molar-refractivity contribution is 5.79. The molecule has 1 aliphatic carbocycles. The Hall–Kier alpha value is -2.17. The van der Waals surface area contributed by atoms with E-state index in [2.05, 4.69) is 29.2 Å². The molecule has 1 aromatic carbocycles. The molecule has 0 N–H and O–H groups in total. The molecule has 1 saturated heterocycles. The monoisotopic (exact) mass is 353 g/mol. The molecule has 1 saturated carbocycles. The van der Waals surface area contributed by atoms with Crippen LogP contribution in [0.2, 0.25) is 0 Å². The van der Waals surface area contributed by atoms with Crippen LogP contribution in [0.25, 0.3) is 0 Å². The molecule has 2 fully saturated rings. The van der Waals surface area contributed by atoms with Gasteiger partial charge >= 0.3 is 0 Å². The van der Waals surface area contributed by atoms with Crippen molar-refractivity contribution in [2.24, 2.45) is 5.92 Å². The van der Waals surface area contributed by atoms with Gasteiger partial charge in [0.05, 0.1) is 6.42 Å². The van der Waals surface area contributed by atoms with E-state index in [9.17, 15) is 4.79 Å². The van der Waals surface area contributed by atoms with Gasteiger partial charge in [-0.3, -0.25) is 4.79 Å². The highest BCUT2D eigenvalue weighted by Gasteiger charge is 2.44. The number of hydrogen-bond acceptors (Lipinski definition) is 4. The third-order valence-corrected chi connectivity index (χ3v) is 6.05. The lowest BCUT2D eigenvalue weighted by molar-refractivity contribution is -0.132. The Labute approximate surface area is 154 Å². The maximum Gasteiger partial charge on any atom is 0.227 e. The zero-order valence-corrected chi connectivity index (χ0v) is 15.7. The standard InChI is InChI=1S/C21H27N3O2/c1-15-5-3-4-6-18(15)13-19(25)24-11-9-21(10-12-24,14-17-7-8-17)20-22-16(2)26-23-20/h3-6,17H,7-14H2,1-2H3. The molecule has 0 atom stereocenters. The minimum Gasteiger partial charge on any atom is -0.342 e. The molecule has 0 radical (unpaired) electrons. The van der Waals surface area contributed by atoms with Crippen LogP contribution in [0.15, 0.2) is 28.8 Å². The van der Waals surface area contributed by atoms with Gasteiger partial charge in [0.1, 0.15) is 0 Å². The summed E-state index contributed by atoms with van der Waals surface area (Å²) in [6.45, 7) is 5.48. The fraction of sp³-hybridized carbons (Fsp3) is 0.571. The summed E-state index contributed by atoms with van der Waals surface area (Å²) in [6, 6.07) is 8.14. The molecule has 1 aliphatic heterocycles. The molecule has 26 heavy (non-hydrogen) atoms. The van der Waals surface area contributed by atoms with E-state index < -0.39 is 0 Å². The fourth-order valence-corrected chi connectivity index (χ4v) is 4.18. The van der Waals surface area contributed by atoms with Crippen LogP contribution < -0.4 is 0 Å². The number of rotatable bonds is 5. The first-order valence-electron chi connectivity index (χ1n) is 9.69. The summed E-state index contributed by atoms with van der Waals surface area (Å²) < 4.78 is 5.27. The Morgan fingerprint density at radius 3 is 2.58 bits per heavy atom. The maximum absolute atomic E-state index is 12.8. The van der Waals surface area contributed by atoms with E-state index in [0.29, 0.717) is 12.3 Å². The molecule has 1 amide bonds. The molecule has 2 aromatic rings. The van der Waals surface area contributed by atoms with Crippen molar-refractivity contribution in [2.45, 2.75) is 57.8 Å². The van der Waals surface area contributed by atoms with Crippen molar-refractivity contribution in [1.29, 1.82) is 0 Å². The molecular formula is C21H27N3O2. The van der Waals surface area contributed by atoms with Crippen LogP contribution in [0, 0.1) is 19.8 Å². The van der Waals surface area contributed by atoms with E-state index in [0.717, 1.165) is 49.7 Å². The number of amides is 1. The predicted octanol–water partition coefficient (Wildman–Crippen LogP) is 3.59. The highest BCUT2D eigenvalue weighted by atomic mass is 16.5. The Morgan fingerprint density at radius 2 is 1.96 bits per heavy atom. The Kier molecular flexibility index (Phi) is 4.55. The Morgan fingerprint density at radius 1 is 1.23 bits per heavy atom. The minimum absolute atomic E-state index is 0.0155. The summed E-state index contributed by atoms with van der Waals surface area (Å²) in [5, 5.41) is 4.25. The molecule has 0 spiro atoms. The van der Waals surface area contributed by atoms with Gasteiger partial charge in [0.15, 0.2) is 5.82 Å². The maximum atomic E-state index is 12.8. The van der Waals surface area contributed by atoms with Crippen molar-refractivity contribution >= 4 is 5.91 Å². The van der Waals surface area contributed by atoms with Crippen molar-refractivity contribution in [2.75, 3.05) is 13.1 Å². The number of benzene rings is 1. The molecule has 1 aromatic heterocycles. The van der Waals surface area contributed by atoms with Crippen molar-refractivity contribution in [1.82, 2.24) is 15.0 Å². The van der Waals surface area contributed by atoms with Crippen LogP contribution in [0.1, 0.15) is 54.9 Å². The summed E-state index contributed by atoms with van der Waals surface area (Å²) in [4.78, 5) is 19.4. The SMILES string of the molecule is Cc1nc(C2(CC3CC3)CCN(C(=O)Cc3ccccc3C)CC2)no1. The second-order valence-electron chi connectivity index (χ2n) is 8.05. The molecular weight excluding hydrogens is 326 g/mol. The molecule has 2 aliphatic rings. The summed E-state index contributed by atoms with van der Waals surface area (Å²) in [7, 11) is 0. The highest BCUT2D eigenvalue weighted by Crippen LogP contribution is 2.46. The summed E-state index contributed by atoms with van der Waals surface area (Å²) >= 11 is 0. The van der Waals surface area contributed by atoms with E-state index in [1.165, 1.54) is 18.4 Å². The first kappa shape index (κ1) is 17.3. The molecule has 0 unspecified atom stereocenters. The van der Waals surface area contributed by atoms with Crippen LogP contribution in [-0.4, -0.2) is 34.0 Å². The third-order valence-electron chi connectivity index (χ3n) is 6.05. The third kappa shape index (κ3) is 3.53. The smallest absolute Gasteiger partial charge is 0.227 e. The van der Waals surface area contributed by atoms with Gasteiger partial charge in [0, 0.05) is 25.4 Å².